The fourth-order valence-corrected chi connectivity index (χ4v) is 1.90. The van der Waals surface area contributed by atoms with Gasteiger partial charge in [0.1, 0.15) is 0 Å². The van der Waals surface area contributed by atoms with Crippen LogP contribution in [0.15, 0.2) is 36.4 Å². The van der Waals surface area contributed by atoms with E-state index in [9.17, 15) is 4.79 Å². The lowest BCUT2D eigenvalue weighted by Crippen LogP contribution is -2.00. The van der Waals surface area contributed by atoms with E-state index < -0.39 is 0 Å². The molecule has 0 amide bonds. The van der Waals surface area contributed by atoms with E-state index >= 15 is 0 Å². The van der Waals surface area contributed by atoms with Crippen LogP contribution in [-0.4, -0.2) is 5.78 Å². The summed E-state index contributed by atoms with van der Waals surface area (Å²) in [7, 11) is 0. The van der Waals surface area contributed by atoms with Crippen LogP contribution in [-0.2, 0) is 0 Å². The van der Waals surface area contributed by atoms with Gasteiger partial charge in [0.2, 0.25) is 0 Å². The van der Waals surface area contributed by atoms with Gasteiger partial charge >= 0.3 is 0 Å². The molecular formula is C15H15ClN2O. The summed E-state index contributed by atoms with van der Waals surface area (Å²) in [6, 6.07) is 10.9. The summed E-state index contributed by atoms with van der Waals surface area (Å²) in [5.41, 5.74) is 9.70. The van der Waals surface area contributed by atoms with E-state index in [0.717, 1.165) is 16.9 Å². The van der Waals surface area contributed by atoms with Gasteiger partial charge in [-0.2, -0.15) is 0 Å². The quantitative estimate of drug-likeness (QED) is 0.652. The number of Topliss-reactive ketones (excluding diaryl/α,β-unsaturated/α-hetero) is 1. The van der Waals surface area contributed by atoms with Crippen molar-refractivity contribution < 1.29 is 4.79 Å². The third-order valence-corrected chi connectivity index (χ3v) is 3.32. The highest BCUT2D eigenvalue weighted by Crippen LogP contribution is 2.27. The second-order valence-corrected chi connectivity index (χ2v) is 4.85. The standard InChI is InChI=1S/C15H15ClN2O/c1-9-3-5-12(8-13(9)16)18-15-6-4-11(10(2)19)7-14(15)17/h3-8,18H,17H2,1-2H3. The molecule has 0 saturated heterocycles. The molecule has 2 rings (SSSR count). The van der Waals surface area contributed by atoms with E-state index in [1.165, 1.54) is 6.92 Å². The first-order valence-corrected chi connectivity index (χ1v) is 6.29. The number of ketones is 1. The van der Waals surface area contributed by atoms with Crippen LogP contribution in [0.25, 0.3) is 0 Å². The van der Waals surface area contributed by atoms with Crippen molar-refractivity contribution in [3.05, 3.63) is 52.5 Å². The highest BCUT2D eigenvalue weighted by Gasteiger charge is 2.05. The first kappa shape index (κ1) is 13.4. The van der Waals surface area contributed by atoms with Gasteiger partial charge in [-0.25, -0.2) is 0 Å². The Balaban J connectivity index is 2.28. The van der Waals surface area contributed by atoms with Crippen LogP contribution >= 0.6 is 11.6 Å². The van der Waals surface area contributed by atoms with Gasteiger partial charge in [-0.1, -0.05) is 17.7 Å². The Morgan fingerprint density at radius 2 is 1.95 bits per heavy atom. The van der Waals surface area contributed by atoms with Crippen molar-refractivity contribution in [2.45, 2.75) is 13.8 Å². The van der Waals surface area contributed by atoms with Crippen molar-refractivity contribution in [3.8, 4) is 0 Å². The first-order chi connectivity index (χ1) is 8.97. The van der Waals surface area contributed by atoms with E-state index in [2.05, 4.69) is 5.32 Å². The Hall–Kier alpha value is -2.00. The molecule has 3 N–H and O–H groups in total. The molecule has 0 saturated carbocycles. The number of carbonyl (C=O) groups is 1. The van der Waals surface area contributed by atoms with Crippen molar-refractivity contribution in [1.29, 1.82) is 0 Å². The molecule has 0 aliphatic carbocycles. The average molecular weight is 275 g/mol. The Bertz CT molecular complexity index is 638. The number of hydrogen-bond acceptors (Lipinski definition) is 3. The van der Waals surface area contributed by atoms with Crippen molar-refractivity contribution in [1.82, 2.24) is 0 Å². The molecule has 0 aliphatic heterocycles. The lowest BCUT2D eigenvalue weighted by molar-refractivity contribution is 0.101. The van der Waals surface area contributed by atoms with Gasteiger partial charge in [-0.05, 0) is 49.7 Å². The molecule has 0 heterocycles. The number of carbonyl (C=O) groups excluding carboxylic acids is 1. The SMILES string of the molecule is CC(=O)c1ccc(Nc2ccc(C)c(Cl)c2)c(N)c1. The number of rotatable bonds is 3. The molecular weight excluding hydrogens is 260 g/mol. The molecule has 3 nitrogen and oxygen atoms in total. The van der Waals surface area contributed by atoms with Crippen molar-refractivity contribution in [3.63, 3.8) is 0 Å². The number of hydrogen-bond donors (Lipinski definition) is 2. The molecule has 2 aromatic rings. The van der Waals surface area contributed by atoms with Crippen LogP contribution in [0.2, 0.25) is 5.02 Å². The zero-order valence-electron chi connectivity index (χ0n) is 10.8. The summed E-state index contributed by atoms with van der Waals surface area (Å²) >= 11 is 6.07. The second-order valence-electron chi connectivity index (χ2n) is 4.45. The summed E-state index contributed by atoms with van der Waals surface area (Å²) in [4.78, 5) is 11.3. The predicted octanol–water partition coefficient (Wildman–Crippen LogP) is 4.18. The molecule has 0 aliphatic rings. The van der Waals surface area contributed by atoms with Gasteiger partial charge in [0.25, 0.3) is 0 Å². The number of benzene rings is 2. The number of nitrogens with two attached hydrogens (primary N) is 1. The molecule has 19 heavy (non-hydrogen) atoms. The first-order valence-electron chi connectivity index (χ1n) is 5.91. The average Bonchev–Trinajstić information content (AvgIpc) is 2.36. The van der Waals surface area contributed by atoms with E-state index in [0.29, 0.717) is 16.3 Å². The number of nitrogen functional groups attached to an aromatic ring is 1. The molecule has 0 atom stereocenters. The summed E-state index contributed by atoms with van der Waals surface area (Å²) in [6.45, 7) is 3.46. The molecule has 98 valence electrons. The maximum Gasteiger partial charge on any atom is 0.159 e. The van der Waals surface area contributed by atoms with Gasteiger partial charge in [0.05, 0.1) is 11.4 Å². The van der Waals surface area contributed by atoms with Crippen LogP contribution < -0.4 is 11.1 Å². The highest BCUT2D eigenvalue weighted by atomic mass is 35.5. The van der Waals surface area contributed by atoms with Crippen molar-refractivity contribution >= 4 is 34.4 Å². The summed E-state index contributed by atoms with van der Waals surface area (Å²) in [5, 5.41) is 3.88. The summed E-state index contributed by atoms with van der Waals surface area (Å²) < 4.78 is 0. The number of aryl methyl sites for hydroxylation is 1. The van der Waals surface area contributed by atoms with Crippen LogP contribution in [0.1, 0.15) is 22.8 Å². The fourth-order valence-electron chi connectivity index (χ4n) is 1.72. The summed E-state index contributed by atoms with van der Waals surface area (Å²) in [6.07, 6.45) is 0. The maximum absolute atomic E-state index is 11.3. The third kappa shape index (κ3) is 3.06. The highest BCUT2D eigenvalue weighted by molar-refractivity contribution is 6.31. The molecule has 0 fully saturated rings. The Labute approximate surface area is 117 Å². The Morgan fingerprint density at radius 3 is 2.53 bits per heavy atom. The maximum atomic E-state index is 11.3. The van der Waals surface area contributed by atoms with Gasteiger partial charge in [0.15, 0.2) is 5.78 Å². The minimum absolute atomic E-state index is 0.00312. The lowest BCUT2D eigenvalue weighted by Gasteiger charge is -2.11. The number of nitrogens with one attached hydrogen (secondary N) is 1. The molecule has 2 aromatic carbocycles. The zero-order chi connectivity index (χ0) is 14.0. The fraction of sp³-hybridized carbons (Fsp3) is 0.133. The number of anilines is 3. The zero-order valence-corrected chi connectivity index (χ0v) is 11.6. The smallest absolute Gasteiger partial charge is 0.159 e. The van der Waals surface area contributed by atoms with Crippen LogP contribution in [0, 0.1) is 6.92 Å². The van der Waals surface area contributed by atoms with E-state index in [4.69, 9.17) is 17.3 Å². The van der Waals surface area contributed by atoms with Crippen molar-refractivity contribution in [2.75, 3.05) is 11.1 Å². The minimum Gasteiger partial charge on any atom is -0.397 e. The predicted molar refractivity (Wildman–Crippen MR) is 80.3 cm³/mol. The molecule has 0 radical (unpaired) electrons. The van der Waals surface area contributed by atoms with Gasteiger partial charge in [0, 0.05) is 16.3 Å². The minimum atomic E-state index is -0.00312. The van der Waals surface area contributed by atoms with E-state index in [1.54, 1.807) is 18.2 Å². The molecule has 0 unspecified atom stereocenters. The van der Waals surface area contributed by atoms with Gasteiger partial charge in [-0.15, -0.1) is 0 Å². The topological polar surface area (TPSA) is 55.1 Å². The largest absolute Gasteiger partial charge is 0.397 e. The normalized spacial score (nSPS) is 10.3. The molecule has 0 bridgehead atoms. The Kier molecular flexibility index (Phi) is 3.76. The summed E-state index contributed by atoms with van der Waals surface area (Å²) in [5.74, 6) is -0.00312. The van der Waals surface area contributed by atoms with E-state index in [1.807, 2.05) is 25.1 Å². The Morgan fingerprint density at radius 1 is 1.21 bits per heavy atom. The van der Waals surface area contributed by atoms with Gasteiger partial charge < -0.3 is 11.1 Å². The van der Waals surface area contributed by atoms with Crippen LogP contribution in [0.4, 0.5) is 17.1 Å². The third-order valence-electron chi connectivity index (χ3n) is 2.91. The van der Waals surface area contributed by atoms with Crippen LogP contribution in [0.5, 0.6) is 0 Å². The second kappa shape index (κ2) is 5.33. The number of halogens is 1. The van der Waals surface area contributed by atoms with Crippen LogP contribution in [0.3, 0.4) is 0 Å². The van der Waals surface area contributed by atoms with E-state index in [-0.39, 0.29) is 5.78 Å². The lowest BCUT2D eigenvalue weighted by atomic mass is 10.1. The molecule has 0 aromatic heterocycles. The monoisotopic (exact) mass is 274 g/mol. The van der Waals surface area contributed by atoms with Gasteiger partial charge in [-0.3, -0.25) is 4.79 Å². The molecule has 0 spiro atoms. The van der Waals surface area contributed by atoms with Crippen molar-refractivity contribution in [2.24, 2.45) is 0 Å². The molecule has 4 heteroatoms.